The van der Waals surface area contributed by atoms with Gasteiger partial charge in [-0.2, -0.15) is 0 Å². The van der Waals surface area contributed by atoms with Crippen LogP contribution in [0.15, 0.2) is 18.3 Å². The summed E-state index contributed by atoms with van der Waals surface area (Å²) in [4.78, 5) is 21.5. The van der Waals surface area contributed by atoms with E-state index in [1.807, 2.05) is 17.0 Å². The Bertz CT molecular complexity index is 588. The number of hydrogen-bond donors (Lipinski definition) is 1. The second-order valence-corrected chi connectivity index (χ2v) is 7.70. The highest BCUT2D eigenvalue weighted by atomic mass is 16.5. The van der Waals surface area contributed by atoms with Crippen molar-refractivity contribution in [2.24, 2.45) is 0 Å². The number of anilines is 2. The third kappa shape index (κ3) is 4.90. The molecule has 1 N–H and O–H groups in total. The first-order valence-electron chi connectivity index (χ1n) is 10.3. The van der Waals surface area contributed by atoms with E-state index in [0.29, 0.717) is 13.1 Å². The van der Waals surface area contributed by atoms with Gasteiger partial charge in [0.1, 0.15) is 5.82 Å². The number of carbonyl (C=O) groups is 1. The first kappa shape index (κ1) is 18.5. The fourth-order valence-electron chi connectivity index (χ4n) is 4.10. The molecule has 1 aromatic rings. The summed E-state index contributed by atoms with van der Waals surface area (Å²) >= 11 is 0. The van der Waals surface area contributed by atoms with E-state index in [1.165, 1.54) is 12.8 Å². The van der Waals surface area contributed by atoms with Crippen LogP contribution >= 0.6 is 0 Å². The van der Waals surface area contributed by atoms with Gasteiger partial charge in [0, 0.05) is 39.4 Å². The molecule has 4 heterocycles. The van der Waals surface area contributed by atoms with Gasteiger partial charge in [0.05, 0.1) is 24.1 Å². The van der Waals surface area contributed by atoms with Gasteiger partial charge in [0.15, 0.2) is 0 Å². The lowest BCUT2D eigenvalue weighted by Crippen LogP contribution is -2.44. The van der Waals surface area contributed by atoms with Gasteiger partial charge in [-0.25, -0.2) is 9.78 Å². The molecule has 2 amide bonds. The molecule has 3 aliphatic heterocycles. The maximum absolute atomic E-state index is 12.9. The van der Waals surface area contributed by atoms with Crippen LogP contribution in [0, 0.1) is 0 Å². The third-order valence-corrected chi connectivity index (χ3v) is 5.61. The lowest BCUT2D eigenvalue weighted by Gasteiger charge is -2.28. The van der Waals surface area contributed by atoms with Gasteiger partial charge < -0.3 is 24.6 Å². The van der Waals surface area contributed by atoms with Crippen molar-refractivity contribution in [3.8, 4) is 0 Å². The van der Waals surface area contributed by atoms with Gasteiger partial charge >= 0.3 is 6.03 Å². The maximum Gasteiger partial charge on any atom is 0.322 e. The molecule has 0 aromatic carbocycles. The summed E-state index contributed by atoms with van der Waals surface area (Å²) in [5.74, 6) is 0.987. The van der Waals surface area contributed by atoms with Crippen molar-refractivity contribution in [3.05, 3.63) is 18.3 Å². The molecule has 0 spiro atoms. The van der Waals surface area contributed by atoms with Crippen LogP contribution in [-0.4, -0.2) is 67.5 Å². The normalized spacial score (nSPS) is 25.1. The highest BCUT2D eigenvalue weighted by Crippen LogP contribution is 2.21. The zero-order valence-electron chi connectivity index (χ0n) is 15.9. The molecule has 7 heteroatoms. The van der Waals surface area contributed by atoms with Gasteiger partial charge in [-0.1, -0.05) is 0 Å². The quantitative estimate of drug-likeness (QED) is 0.829. The minimum absolute atomic E-state index is 0.100. The Morgan fingerprint density at radius 2 is 1.74 bits per heavy atom. The summed E-state index contributed by atoms with van der Waals surface area (Å²) in [5.41, 5.74) is 0.729. The average molecular weight is 374 g/mol. The number of rotatable bonds is 6. The van der Waals surface area contributed by atoms with E-state index in [-0.39, 0.29) is 18.2 Å². The molecule has 27 heavy (non-hydrogen) atoms. The predicted octanol–water partition coefficient (Wildman–Crippen LogP) is 2.87. The first-order chi connectivity index (χ1) is 13.3. The molecule has 0 aliphatic carbocycles. The summed E-state index contributed by atoms with van der Waals surface area (Å²) in [6, 6.07) is 3.83. The van der Waals surface area contributed by atoms with Crippen LogP contribution in [0.1, 0.15) is 38.5 Å². The lowest BCUT2D eigenvalue weighted by molar-refractivity contribution is 0.0524. The summed E-state index contributed by atoms with van der Waals surface area (Å²) in [6.45, 7) is 4.95. The monoisotopic (exact) mass is 374 g/mol. The van der Waals surface area contributed by atoms with E-state index < -0.39 is 0 Å². The van der Waals surface area contributed by atoms with E-state index >= 15 is 0 Å². The number of hydrogen-bond acceptors (Lipinski definition) is 5. The molecule has 0 radical (unpaired) electrons. The molecule has 0 unspecified atom stereocenters. The summed E-state index contributed by atoms with van der Waals surface area (Å²) in [6.07, 6.45) is 8.64. The number of pyridine rings is 1. The molecule has 7 nitrogen and oxygen atoms in total. The van der Waals surface area contributed by atoms with Crippen molar-refractivity contribution in [2.75, 3.05) is 49.6 Å². The second-order valence-electron chi connectivity index (χ2n) is 7.70. The standard InChI is InChI=1S/C20H30N4O3/c25-20(22-16-7-8-19(21-13-16)23-9-1-2-10-23)24(14-17-5-3-11-26-17)15-18-6-4-12-27-18/h7-8,13,17-18H,1-6,9-12,14-15H2,(H,22,25)/t17-,18-/m0/s1. The summed E-state index contributed by atoms with van der Waals surface area (Å²) in [7, 11) is 0. The molecule has 1 aromatic heterocycles. The van der Waals surface area contributed by atoms with Crippen LogP contribution in [0.5, 0.6) is 0 Å². The molecule has 148 valence electrons. The fraction of sp³-hybridized carbons (Fsp3) is 0.700. The number of urea groups is 1. The van der Waals surface area contributed by atoms with Crippen LogP contribution in [0.25, 0.3) is 0 Å². The van der Waals surface area contributed by atoms with Gasteiger partial charge in [0.2, 0.25) is 0 Å². The third-order valence-electron chi connectivity index (χ3n) is 5.61. The number of nitrogens with one attached hydrogen (secondary N) is 1. The number of ether oxygens (including phenoxy) is 2. The number of carbonyl (C=O) groups excluding carboxylic acids is 1. The zero-order valence-corrected chi connectivity index (χ0v) is 15.9. The van der Waals surface area contributed by atoms with Crippen molar-refractivity contribution in [2.45, 2.75) is 50.7 Å². The Morgan fingerprint density at radius 1 is 1.07 bits per heavy atom. The molecular formula is C20H30N4O3. The SMILES string of the molecule is O=C(Nc1ccc(N2CCCC2)nc1)N(C[C@@H]1CCCO1)C[C@@H]1CCCO1. The molecule has 3 aliphatic rings. The highest BCUT2D eigenvalue weighted by molar-refractivity contribution is 5.89. The Morgan fingerprint density at radius 3 is 2.26 bits per heavy atom. The minimum atomic E-state index is -0.100. The van der Waals surface area contributed by atoms with Crippen LogP contribution < -0.4 is 10.2 Å². The Labute approximate surface area is 161 Å². The first-order valence-corrected chi connectivity index (χ1v) is 10.3. The van der Waals surface area contributed by atoms with Crippen molar-refractivity contribution >= 4 is 17.5 Å². The number of nitrogens with zero attached hydrogens (tertiary/aromatic N) is 3. The topological polar surface area (TPSA) is 66.9 Å². The van der Waals surface area contributed by atoms with Crippen molar-refractivity contribution in [3.63, 3.8) is 0 Å². The van der Waals surface area contributed by atoms with Gasteiger partial charge in [-0.05, 0) is 50.7 Å². The Balaban J connectivity index is 1.37. The molecule has 0 bridgehead atoms. The smallest absolute Gasteiger partial charge is 0.322 e. The van der Waals surface area contributed by atoms with E-state index in [2.05, 4.69) is 15.2 Å². The second kappa shape index (κ2) is 8.89. The van der Waals surface area contributed by atoms with E-state index in [1.54, 1.807) is 6.20 Å². The Kier molecular flexibility index (Phi) is 6.09. The molecule has 3 saturated heterocycles. The number of amides is 2. The number of aromatic nitrogens is 1. The van der Waals surface area contributed by atoms with Gasteiger partial charge in [-0.15, -0.1) is 0 Å². The lowest BCUT2D eigenvalue weighted by atomic mass is 10.2. The highest BCUT2D eigenvalue weighted by Gasteiger charge is 2.27. The van der Waals surface area contributed by atoms with Crippen molar-refractivity contribution < 1.29 is 14.3 Å². The van der Waals surface area contributed by atoms with E-state index in [9.17, 15) is 4.79 Å². The van der Waals surface area contributed by atoms with E-state index in [0.717, 1.165) is 63.5 Å². The maximum atomic E-state index is 12.9. The Hall–Kier alpha value is -1.86. The van der Waals surface area contributed by atoms with E-state index in [4.69, 9.17) is 9.47 Å². The van der Waals surface area contributed by atoms with Crippen LogP contribution in [-0.2, 0) is 9.47 Å². The van der Waals surface area contributed by atoms with Crippen LogP contribution in [0.3, 0.4) is 0 Å². The van der Waals surface area contributed by atoms with Crippen molar-refractivity contribution in [1.82, 2.24) is 9.88 Å². The predicted molar refractivity (Wildman–Crippen MR) is 104 cm³/mol. The fourth-order valence-corrected chi connectivity index (χ4v) is 4.10. The average Bonchev–Trinajstić information content (AvgIpc) is 3.45. The van der Waals surface area contributed by atoms with Gasteiger partial charge in [0.25, 0.3) is 0 Å². The minimum Gasteiger partial charge on any atom is -0.376 e. The summed E-state index contributed by atoms with van der Waals surface area (Å²) < 4.78 is 11.5. The largest absolute Gasteiger partial charge is 0.376 e. The molecule has 4 rings (SSSR count). The molecule has 3 fully saturated rings. The zero-order chi connectivity index (χ0) is 18.5. The molecule has 2 atom stereocenters. The summed E-state index contributed by atoms with van der Waals surface area (Å²) in [5, 5.41) is 3.00. The molecule has 0 saturated carbocycles. The van der Waals surface area contributed by atoms with Gasteiger partial charge in [-0.3, -0.25) is 0 Å². The van der Waals surface area contributed by atoms with Crippen LogP contribution in [0.2, 0.25) is 0 Å². The van der Waals surface area contributed by atoms with Crippen molar-refractivity contribution in [1.29, 1.82) is 0 Å². The molecular weight excluding hydrogens is 344 g/mol. The van der Waals surface area contributed by atoms with Crippen LogP contribution in [0.4, 0.5) is 16.3 Å².